The normalized spacial score (nSPS) is 23.0. The third-order valence-corrected chi connectivity index (χ3v) is 9.55. The van der Waals surface area contributed by atoms with Gasteiger partial charge >= 0.3 is 6.18 Å². The third-order valence-electron chi connectivity index (χ3n) is 7.84. The summed E-state index contributed by atoms with van der Waals surface area (Å²) in [5, 5.41) is 12.3. The second-order valence-corrected chi connectivity index (χ2v) is 12.5. The van der Waals surface area contributed by atoms with E-state index in [2.05, 4.69) is 11.4 Å². The van der Waals surface area contributed by atoms with Gasteiger partial charge in [0.05, 0.1) is 16.5 Å². The molecule has 0 bridgehead atoms. The van der Waals surface area contributed by atoms with E-state index in [1.54, 1.807) is 17.0 Å². The molecule has 2 aliphatic heterocycles. The molecule has 4 aliphatic rings. The van der Waals surface area contributed by atoms with Gasteiger partial charge in [-0.15, -0.1) is 11.8 Å². The van der Waals surface area contributed by atoms with Crippen LogP contribution in [0.1, 0.15) is 37.7 Å². The van der Waals surface area contributed by atoms with Crippen LogP contribution in [0.5, 0.6) is 17.2 Å². The SMILES string of the molecule is N#CC1(NC(=O)[C@@H]2C[C@@H](Sc3ccc(OCC(F)(F)F)cc3Cl)CN2C(=O)C2(c3ccc4c(c3)OCO4)CC2)CC1. The molecule has 216 valence electrons. The van der Waals surface area contributed by atoms with Crippen LogP contribution in [0.4, 0.5) is 13.2 Å². The molecule has 8 nitrogen and oxygen atoms in total. The molecule has 2 amide bonds. The summed E-state index contributed by atoms with van der Waals surface area (Å²) in [6.07, 6.45) is -1.77. The van der Waals surface area contributed by atoms with Crippen molar-refractivity contribution in [3.63, 3.8) is 0 Å². The first-order valence-corrected chi connectivity index (χ1v) is 14.4. The first-order valence-electron chi connectivity index (χ1n) is 13.1. The number of benzene rings is 2. The fraction of sp³-hybridized carbons (Fsp3) is 0.464. The molecule has 1 N–H and O–H groups in total. The Kier molecular flexibility index (Phi) is 6.93. The number of fused-ring (bicyclic) bond motifs is 1. The number of hydrogen-bond acceptors (Lipinski definition) is 7. The summed E-state index contributed by atoms with van der Waals surface area (Å²) in [6, 6.07) is 11.1. The van der Waals surface area contributed by atoms with Gasteiger partial charge in [-0.2, -0.15) is 18.4 Å². The Balaban J connectivity index is 1.21. The molecule has 2 heterocycles. The van der Waals surface area contributed by atoms with Gasteiger partial charge in [-0.3, -0.25) is 9.59 Å². The standard InChI is InChI=1S/C28H25ClF3N3O5S/c29-19-10-17(38-14-28(30,31)32)2-4-23(19)41-18-11-20(24(36)34-26(13-33)5-6-26)35(12-18)25(37)27(7-8-27)16-1-3-21-22(9-16)40-15-39-21/h1-4,9-10,18,20H,5-8,11-12,14-15H2,(H,34,36)/t18-,20+/m1/s1. The molecule has 13 heteroatoms. The minimum absolute atomic E-state index is 0.0113. The highest BCUT2D eigenvalue weighted by molar-refractivity contribution is 8.00. The van der Waals surface area contributed by atoms with Crippen LogP contribution in [0.3, 0.4) is 0 Å². The number of carbonyl (C=O) groups excluding carboxylic acids is 2. The monoisotopic (exact) mass is 607 g/mol. The molecule has 2 saturated carbocycles. The minimum Gasteiger partial charge on any atom is -0.484 e. The van der Waals surface area contributed by atoms with Gasteiger partial charge in [-0.1, -0.05) is 17.7 Å². The summed E-state index contributed by atoms with van der Waals surface area (Å²) in [5.74, 6) is 0.646. The van der Waals surface area contributed by atoms with Crippen LogP contribution in [0, 0.1) is 11.3 Å². The maximum absolute atomic E-state index is 14.1. The van der Waals surface area contributed by atoms with Crippen LogP contribution in [-0.4, -0.2) is 59.7 Å². The molecule has 2 aromatic carbocycles. The number of halogens is 4. The molecule has 2 aromatic rings. The van der Waals surface area contributed by atoms with Crippen LogP contribution < -0.4 is 19.5 Å². The van der Waals surface area contributed by atoms with Crippen LogP contribution in [0.15, 0.2) is 41.3 Å². The minimum atomic E-state index is -4.47. The number of alkyl halides is 3. The quantitative estimate of drug-likeness (QED) is 0.452. The second-order valence-electron chi connectivity index (χ2n) is 10.8. The van der Waals surface area contributed by atoms with Crippen molar-refractivity contribution in [2.75, 3.05) is 19.9 Å². The first-order chi connectivity index (χ1) is 19.5. The number of nitrogens with zero attached hydrogens (tertiary/aromatic N) is 2. The Morgan fingerprint density at radius 3 is 2.56 bits per heavy atom. The first kappa shape index (κ1) is 27.8. The number of ether oxygens (including phenoxy) is 3. The van der Waals surface area contributed by atoms with Gasteiger partial charge < -0.3 is 24.4 Å². The molecule has 2 atom stereocenters. The number of rotatable bonds is 8. The zero-order valence-electron chi connectivity index (χ0n) is 21.6. The molecule has 0 unspecified atom stereocenters. The molecule has 2 aliphatic carbocycles. The van der Waals surface area contributed by atoms with Crippen LogP contribution in [-0.2, 0) is 15.0 Å². The smallest absolute Gasteiger partial charge is 0.422 e. The van der Waals surface area contributed by atoms with Gasteiger partial charge in [0, 0.05) is 16.7 Å². The highest BCUT2D eigenvalue weighted by Crippen LogP contribution is 2.53. The van der Waals surface area contributed by atoms with E-state index in [4.69, 9.17) is 25.8 Å². The van der Waals surface area contributed by atoms with Gasteiger partial charge in [0.1, 0.15) is 17.3 Å². The summed E-state index contributed by atoms with van der Waals surface area (Å²) in [4.78, 5) is 29.8. The summed E-state index contributed by atoms with van der Waals surface area (Å²) < 4.78 is 53.3. The van der Waals surface area contributed by atoms with Crippen molar-refractivity contribution in [2.45, 2.75) is 65.4 Å². The van der Waals surface area contributed by atoms with E-state index in [-0.39, 0.29) is 41.2 Å². The predicted octanol–water partition coefficient (Wildman–Crippen LogP) is 4.98. The molecule has 0 spiro atoms. The summed E-state index contributed by atoms with van der Waals surface area (Å²) in [7, 11) is 0. The van der Waals surface area contributed by atoms with E-state index in [1.165, 1.54) is 23.9 Å². The molecule has 3 fully saturated rings. The molecule has 0 radical (unpaired) electrons. The number of likely N-dealkylation sites (tertiary alicyclic amines) is 1. The number of thioether (sulfide) groups is 1. The van der Waals surface area contributed by atoms with Crippen molar-refractivity contribution < 1.29 is 37.0 Å². The lowest BCUT2D eigenvalue weighted by Crippen LogP contribution is -2.51. The van der Waals surface area contributed by atoms with Crippen LogP contribution in [0.2, 0.25) is 5.02 Å². The lowest BCUT2D eigenvalue weighted by atomic mass is 9.93. The molecular formula is C28H25ClF3N3O5S. The predicted molar refractivity (Wildman–Crippen MR) is 142 cm³/mol. The summed E-state index contributed by atoms with van der Waals surface area (Å²) in [5.41, 5.74) is -0.864. The summed E-state index contributed by atoms with van der Waals surface area (Å²) in [6.45, 7) is -1.05. The maximum Gasteiger partial charge on any atom is 0.422 e. The van der Waals surface area contributed by atoms with Gasteiger partial charge in [0.2, 0.25) is 18.6 Å². The van der Waals surface area contributed by atoms with Crippen molar-refractivity contribution in [1.29, 1.82) is 5.26 Å². The van der Waals surface area contributed by atoms with Crippen molar-refractivity contribution >= 4 is 35.2 Å². The lowest BCUT2D eigenvalue weighted by molar-refractivity contribution is -0.153. The zero-order valence-corrected chi connectivity index (χ0v) is 23.2. The Morgan fingerprint density at radius 1 is 1.15 bits per heavy atom. The Bertz CT molecular complexity index is 1440. The highest BCUT2D eigenvalue weighted by atomic mass is 35.5. The van der Waals surface area contributed by atoms with Gasteiger partial charge in [0.15, 0.2) is 18.1 Å². The Labute approximate surface area is 243 Å². The van der Waals surface area contributed by atoms with Gasteiger partial charge in [-0.05, 0) is 68.0 Å². The van der Waals surface area contributed by atoms with E-state index in [9.17, 15) is 28.0 Å². The van der Waals surface area contributed by atoms with E-state index < -0.39 is 29.8 Å². The van der Waals surface area contributed by atoms with Gasteiger partial charge in [-0.25, -0.2) is 0 Å². The number of nitriles is 1. The third kappa shape index (κ3) is 5.62. The second kappa shape index (κ2) is 10.2. The molecule has 0 aromatic heterocycles. The number of nitrogens with one attached hydrogen (secondary N) is 1. The average Bonchev–Trinajstić information content (AvgIpc) is 3.81. The van der Waals surface area contributed by atoms with Crippen molar-refractivity contribution in [3.8, 4) is 23.3 Å². The number of amides is 2. The molecule has 1 saturated heterocycles. The number of carbonyl (C=O) groups is 2. The topological polar surface area (TPSA) is 101 Å². The number of hydrogen-bond donors (Lipinski definition) is 1. The van der Waals surface area contributed by atoms with E-state index in [1.807, 2.05) is 12.1 Å². The highest BCUT2D eigenvalue weighted by Gasteiger charge is 2.57. The maximum atomic E-state index is 14.1. The lowest BCUT2D eigenvalue weighted by Gasteiger charge is -2.29. The zero-order chi connectivity index (χ0) is 29.0. The fourth-order valence-corrected chi connectivity index (χ4v) is 6.79. The Morgan fingerprint density at radius 2 is 1.90 bits per heavy atom. The molecule has 6 rings (SSSR count). The van der Waals surface area contributed by atoms with E-state index in [0.29, 0.717) is 48.5 Å². The molecular weight excluding hydrogens is 583 g/mol. The largest absolute Gasteiger partial charge is 0.484 e. The van der Waals surface area contributed by atoms with E-state index >= 15 is 0 Å². The molecule has 41 heavy (non-hydrogen) atoms. The van der Waals surface area contributed by atoms with Gasteiger partial charge in [0.25, 0.3) is 0 Å². The van der Waals surface area contributed by atoms with E-state index in [0.717, 1.165) is 5.56 Å². The summed E-state index contributed by atoms with van der Waals surface area (Å²) >= 11 is 7.73. The fourth-order valence-electron chi connectivity index (χ4n) is 5.30. The Hall–Kier alpha value is -3.30. The average molecular weight is 608 g/mol. The van der Waals surface area contributed by atoms with Crippen LogP contribution >= 0.6 is 23.4 Å². The van der Waals surface area contributed by atoms with Crippen molar-refractivity contribution in [3.05, 3.63) is 47.0 Å². The van der Waals surface area contributed by atoms with Crippen molar-refractivity contribution in [2.24, 2.45) is 0 Å². The van der Waals surface area contributed by atoms with Crippen LogP contribution in [0.25, 0.3) is 0 Å². The van der Waals surface area contributed by atoms with Crippen molar-refractivity contribution in [1.82, 2.24) is 10.2 Å².